The first kappa shape index (κ1) is 22.1. The van der Waals surface area contributed by atoms with Crippen LogP contribution in [-0.4, -0.2) is 30.9 Å². The first-order valence-corrected chi connectivity index (χ1v) is 10.9. The maximum Gasteiger partial charge on any atom is 0.330 e. The van der Waals surface area contributed by atoms with E-state index < -0.39 is 5.97 Å². The van der Waals surface area contributed by atoms with E-state index in [1.165, 1.54) is 31.2 Å². The van der Waals surface area contributed by atoms with Gasteiger partial charge in [-0.25, -0.2) is 4.79 Å². The van der Waals surface area contributed by atoms with Crippen molar-refractivity contribution in [2.45, 2.75) is 44.9 Å². The third kappa shape index (κ3) is 5.96. The topological polar surface area (TPSA) is 55.8 Å². The third-order valence-corrected chi connectivity index (χ3v) is 5.91. The van der Waals surface area contributed by atoms with E-state index in [0.29, 0.717) is 18.9 Å². The van der Waals surface area contributed by atoms with Gasteiger partial charge in [0.05, 0.1) is 0 Å². The maximum atomic E-state index is 11.3. The molecule has 2 aromatic rings. The van der Waals surface area contributed by atoms with E-state index in [1.54, 1.807) is 0 Å². The number of benzene rings is 2. The van der Waals surface area contributed by atoms with Crippen LogP contribution >= 0.6 is 0 Å². The lowest BCUT2D eigenvalue weighted by atomic mass is 9.79. The SMILES string of the molecule is C=CC(=O)OCCOc1cc(C2CCC(C)CC2)ccc1-c1ccc(CCO)cc1. The standard InChI is InChI=1S/C26H32O4/c1-3-26(28)30-17-16-29-25-18-23(21-8-4-19(2)5-9-21)12-13-24(25)22-10-6-20(7-11-22)14-15-27/h3,6-7,10-13,18-19,21,27H,1,4-5,8-9,14-17H2,2H3. The second kappa shape index (κ2) is 11.0. The van der Waals surface area contributed by atoms with Gasteiger partial charge in [-0.3, -0.25) is 0 Å². The van der Waals surface area contributed by atoms with E-state index in [9.17, 15) is 4.79 Å². The van der Waals surface area contributed by atoms with Gasteiger partial charge in [-0.2, -0.15) is 0 Å². The highest BCUT2D eigenvalue weighted by atomic mass is 16.6. The minimum Gasteiger partial charge on any atom is -0.489 e. The first-order valence-electron chi connectivity index (χ1n) is 10.9. The number of rotatable bonds is 9. The summed E-state index contributed by atoms with van der Waals surface area (Å²) in [6.45, 7) is 6.36. The molecule has 30 heavy (non-hydrogen) atoms. The number of ether oxygens (including phenoxy) is 2. The van der Waals surface area contributed by atoms with Crippen LogP contribution in [0.25, 0.3) is 11.1 Å². The van der Waals surface area contributed by atoms with Gasteiger partial charge in [-0.15, -0.1) is 0 Å². The van der Waals surface area contributed by atoms with Gasteiger partial charge in [0.15, 0.2) is 0 Å². The molecule has 0 aromatic heterocycles. The highest BCUT2D eigenvalue weighted by Crippen LogP contribution is 2.39. The Balaban J connectivity index is 1.80. The summed E-state index contributed by atoms with van der Waals surface area (Å²) in [6.07, 6.45) is 6.78. The molecule has 2 aromatic carbocycles. The molecule has 0 amide bonds. The van der Waals surface area contributed by atoms with Gasteiger partial charge in [0.2, 0.25) is 0 Å². The van der Waals surface area contributed by atoms with Crippen LogP contribution in [0.15, 0.2) is 55.1 Å². The van der Waals surface area contributed by atoms with E-state index in [0.717, 1.165) is 34.4 Å². The third-order valence-electron chi connectivity index (χ3n) is 5.91. The molecule has 1 N–H and O–H groups in total. The fourth-order valence-electron chi connectivity index (χ4n) is 4.08. The lowest BCUT2D eigenvalue weighted by molar-refractivity contribution is -0.138. The van der Waals surface area contributed by atoms with Crippen molar-refractivity contribution in [2.24, 2.45) is 5.92 Å². The van der Waals surface area contributed by atoms with Gasteiger partial charge < -0.3 is 14.6 Å². The molecule has 3 rings (SSSR count). The summed E-state index contributed by atoms with van der Waals surface area (Å²) in [6, 6.07) is 14.7. The van der Waals surface area contributed by atoms with Crippen molar-refractivity contribution in [1.82, 2.24) is 0 Å². The van der Waals surface area contributed by atoms with Gasteiger partial charge in [-0.1, -0.05) is 62.7 Å². The van der Waals surface area contributed by atoms with Crippen LogP contribution in [0.2, 0.25) is 0 Å². The van der Waals surface area contributed by atoms with Gasteiger partial charge in [0.1, 0.15) is 19.0 Å². The van der Waals surface area contributed by atoms with Crippen molar-refractivity contribution in [1.29, 1.82) is 0 Å². The van der Waals surface area contributed by atoms with Crippen LogP contribution < -0.4 is 4.74 Å². The fraction of sp³-hybridized carbons (Fsp3) is 0.423. The summed E-state index contributed by atoms with van der Waals surface area (Å²) in [5, 5.41) is 9.14. The molecule has 1 aliphatic rings. The highest BCUT2D eigenvalue weighted by molar-refractivity contribution is 5.81. The Bertz CT molecular complexity index is 833. The monoisotopic (exact) mass is 408 g/mol. The molecule has 0 saturated heterocycles. The quantitative estimate of drug-likeness (QED) is 0.348. The molecule has 1 saturated carbocycles. The normalized spacial score (nSPS) is 18.6. The van der Waals surface area contributed by atoms with Crippen molar-refractivity contribution < 1.29 is 19.4 Å². The van der Waals surface area contributed by atoms with E-state index in [-0.39, 0.29) is 13.2 Å². The van der Waals surface area contributed by atoms with Crippen molar-refractivity contribution in [2.75, 3.05) is 19.8 Å². The molecule has 4 nitrogen and oxygen atoms in total. The second-order valence-electron chi connectivity index (χ2n) is 8.10. The molecule has 0 aliphatic heterocycles. The Hall–Kier alpha value is -2.59. The van der Waals surface area contributed by atoms with Crippen molar-refractivity contribution in [3.8, 4) is 16.9 Å². The van der Waals surface area contributed by atoms with Crippen molar-refractivity contribution >= 4 is 5.97 Å². The molecule has 0 spiro atoms. The zero-order valence-corrected chi connectivity index (χ0v) is 17.8. The molecule has 0 atom stereocenters. The number of hydrogen-bond donors (Lipinski definition) is 1. The molecule has 1 aliphatic carbocycles. The predicted molar refractivity (Wildman–Crippen MR) is 120 cm³/mol. The molecule has 0 heterocycles. The summed E-state index contributed by atoms with van der Waals surface area (Å²) in [7, 11) is 0. The van der Waals surface area contributed by atoms with Gasteiger partial charge >= 0.3 is 5.97 Å². The van der Waals surface area contributed by atoms with E-state index in [4.69, 9.17) is 14.6 Å². The van der Waals surface area contributed by atoms with Crippen LogP contribution in [0.3, 0.4) is 0 Å². The molecule has 160 valence electrons. The Labute approximate surface area is 179 Å². The molecule has 0 bridgehead atoms. The van der Waals surface area contributed by atoms with Gasteiger partial charge in [-0.05, 0) is 53.9 Å². The first-order chi connectivity index (χ1) is 14.6. The average molecular weight is 409 g/mol. The maximum absolute atomic E-state index is 11.3. The fourth-order valence-corrected chi connectivity index (χ4v) is 4.08. The molecule has 1 fully saturated rings. The van der Waals surface area contributed by atoms with Crippen LogP contribution in [0.5, 0.6) is 5.75 Å². The Morgan fingerprint density at radius 3 is 2.50 bits per heavy atom. The van der Waals surface area contributed by atoms with Gasteiger partial charge in [0, 0.05) is 18.2 Å². The number of aliphatic hydroxyl groups excluding tert-OH is 1. The minimum atomic E-state index is -0.441. The van der Waals surface area contributed by atoms with E-state index >= 15 is 0 Å². The van der Waals surface area contributed by atoms with Crippen molar-refractivity contribution in [3.63, 3.8) is 0 Å². The average Bonchev–Trinajstić information content (AvgIpc) is 2.78. The highest BCUT2D eigenvalue weighted by Gasteiger charge is 2.21. The van der Waals surface area contributed by atoms with Crippen LogP contribution in [0, 0.1) is 5.92 Å². The summed E-state index contributed by atoms with van der Waals surface area (Å²) in [5.74, 6) is 1.76. The van der Waals surface area contributed by atoms with Crippen LogP contribution in [0.1, 0.15) is 49.7 Å². The Morgan fingerprint density at radius 1 is 1.10 bits per heavy atom. The van der Waals surface area contributed by atoms with Crippen molar-refractivity contribution in [3.05, 3.63) is 66.2 Å². The Kier molecular flexibility index (Phi) is 8.09. The largest absolute Gasteiger partial charge is 0.489 e. The minimum absolute atomic E-state index is 0.145. The summed E-state index contributed by atoms with van der Waals surface area (Å²) < 4.78 is 11.1. The van der Waals surface area contributed by atoms with Gasteiger partial charge in [0.25, 0.3) is 0 Å². The molecule has 0 unspecified atom stereocenters. The van der Waals surface area contributed by atoms with Crippen LogP contribution in [-0.2, 0) is 16.0 Å². The number of esters is 1. The smallest absolute Gasteiger partial charge is 0.330 e. The second-order valence-corrected chi connectivity index (χ2v) is 8.10. The lowest BCUT2D eigenvalue weighted by Gasteiger charge is -2.27. The summed E-state index contributed by atoms with van der Waals surface area (Å²) >= 11 is 0. The summed E-state index contributed by atoms with van der Waals surface area (Å²) in [4.78, 5) is 11.3. The van der Waals surface area contributed by atoms with Crippen LogP contribution in [0.4, 0.5) is 0 Å². The lowest BCUT2D eigenvalue weighted by Crippen LogP contribution is -2.12. The molecule has 4 heteroatoms. The molecular weight excluding hydrogens is 376 g/mol. The zero-order valence-electron chi connectivity index (χ0n) is 17.8. The number of hydrogen-bond acceptors (Lipinski definition) is 4. The van der Waals surface area contributed by atoms with E-state index in [1.807, 2.05) is 12.1 Å². The molecular formula is C26H32O4. The van der Waals surface area contributed by atoms with E-state index in [2.05, 4.69) is 43.8 Å². The number of carbonyl (C=O) groups is 1. The summed E-state index contributed by atoms with van der Waals surface area (Å²) in [5.41, 5.74) is 4.51. The number of carbonyl (C=O) groups excluding carboxylic acids is 1. The Morgan fingerprint density at radius 2 is 1.83 bits per heavy atom. The predicted octanol–water partition coefficient (Wildman–Crippen LogP) is 5.29. The zero-order chi connectivity index (χ0) is 21.3. The number of aliphatic hydroxyl groups is 1. The molecule has 0 radical (unpaired) electrons.